The lowest BCUT2D eigenvalue weighted by atomic mass is 9.82. The first-order chi connectivity index (χ1) is 9.35. The quantitative estimate of drug-likeness (QED) is 0.516. The minimum absolute atomic E-state index is 0.0659. The summed E-state index contributed by atoms with van der Waals surface area (Å²) in [5.74, 6) is 0. The molecular formula is C17H20BrClS. The maximum atomic E-state index is 6.61. The molecule has 1 unspecified atom stereocenters. The fourth-order valence-electron chi connectivity index (χ4n) is 2.08. The van der Waals surface area contributed by atoms with Crippen molar-refractivity contribution < 1.29 is 0 Å². The van der Waals surface area contributed by atoms with Gasteiger partial charge in [0.1, 0.15) is 0 Å². The molecule has 1 atom stereocenters. The summed E-state index contributed by atoms with van der Waals surface area (Å²) >= 11 is 11.9. The van der Waals surface area contributed by atoms with Gasteiger partial charge in [0, 0.05) is 4.88 Å². The molecule has 0 radical (unpaired) electrons. The number of alkyl halides is 1. The van der Waals surface area contributed by atoms with Crippen molar-refractivity contribution >= 4 is 38.9 Å². The van der Waals surface area contributed by atoms with Crippen LogP contribution in [0.1, 0.15) is 54.1 Å². The predicted octanol–water partition coefficient (Wildman–Crippen LogP) is 6.83. The van der Waals surface area contributed by atoms with E-state index in [-0.39, 0.29) is 10.8 Å². The second-order valence-electron chi connectivity index (χ2n) is 5.83. The Morgan fingerprint density at radius 3 is 2.30 bits per heavy atom. The van der Waals surface area contributed by atoms with Gasteiger partial charge in [-0.05, 0) is 57.4 Å². The van der Waals surface area contributed by atoms with Crippen LogP contribution >= 0.6 is 38.9 Å². The largest absolute Gasteiger partial charge is 0.131 e. The summed E-state index contributed by atoms with van der Waals surface area (Å²) in [5, 5.41) is -0.0659. The maximum Gasteiger partial charge on any atom is 0.0928 e. The van der Waals surface area contributed by atoms with Crippen LogP contribution in [0.2, 0.25) is 0 Å². The Balaban J connectivity index is 2.26. The third-order valence-corrected chi connectivity index (χ3v) is 6.81. The van der Waals surface area contributed by atoms with E-state index in [4.69, 9.17) is 11.6 Å². The molecule has 0 nitrogen and oxygen atoms in total. The summed E-state index contributed by atoms with van der Waals surface area (Å²) < 4.78 is 1.17. The van der Waals surface area contributed by atoms with Crippen LogP contribution in [-0.2, 0) is 5.41 Å². The van der Waals surface area contributed by atoms with E-state index in [2.05, 4.69) is 74.0 Å². The minimum Gasteiger partial charge on any atom is -0.131 e. The molecule has 2 rings (SSSR count). The predicted molar refractivity (Wildman–Crippen MR) is 94.2 cm³/mol. The van der Waals surface area contributed by atoms with E-state index < -0.39 is 0 Å². The molecule has 2 aromatic rings. The lowest BCUT2D eigenvalue weighted by Crippen LogP contribution is -2.15. The summed E-state index contributed by atoms with van der Waals surface area (Å²) in [6, 6.07) is 10.9. The van der Waals surface area contributed by atoms with Crippen molar-refractivity contribution in [1.82, 2.24) is 0 Å². The summed E-state index contributed by atoms with van der Waals surface area (Å²) in [6.07, 6.45) is 1.13. The van der Waals surface area contributed by atoms with Crippen LogP contribution in [0.4, 0.5) is 0 Å². The molecule has 1 aromatic heterocycles. The van der Waals surface area contributed by atoms with E-state index in [0.29, 0.717) is 0 Å². The van der Waals surface area contributed by atoms with Gasteiger partial charge in [-0.15, -0.1) is 22.9 Å². The summed E-state index contributed by atoms with van der Waals surface area (Å²) in [7, 11) is 0. The first-order valence-corrected chi connectivity index (χ1v) is 8.90. The number of halogens is 2. The number of benzene rings is 1. The molecule has 0 aliphatic carbocycles. The van der Waals surface area contributed by atoms with Gasteiger partial charge < -0.3 is 0 Å². The zero-order valence-corrected chi connectivity index (χ0v) is 15.5. The molecule has 3 heteroatoms. The fraction of sp³-hybridized carbons (Fsp3) is 0.412. The van der Waals surface area contributed by atoms with Gasteiger partial charge >= 0.3 is 0 Å². The van der Waals surface area contributed by atoms with Crippen LogP contribution in [0.25, 0.3) is 0 Å². The Hall–Kier alpha value is -0.310. The van der Waals surface area contributed by atoms with Gasteiger partial charge in [0.05, 0.1) is 9.16 Å². The molecule has 0 aliphatic heterocycles. The first kappa shape index (κ1) is 16.1. The van der Waals surface area contributed by atoms with Crippen molar-refractivity contribution in [2.45, 2.75) is 44.9 Å². The molecule has 0 fully saturated rings. The highest BCUT2D eigenvalue weighted by molar-refractivity contribution is 9.11. The highest BCUT2D eigenvalue weighted by Gasteiger charge is 2.19. The van der Waals surface area contributed by atoms with Crippen molar-refractivity contribution in [2.24, 2.45) is 0 Å². The van der Waals surface area contributed by atoms with Crippen molar-refractivity contribution in [3.63, 3.8) is 0 Å². The van der Waals surface area contributed by atoms with Gasteiger partial charge in [0.15, 0.2) is 0 Å². The third kappa shape index (κ3) is 3.29. The summed E-state index contributed by atoms with van der Waals surface area (Å²) in [6.45, 7) is 8.88. The Morgan fingerprint density at radius 2 is 1.85 bits per heavy atom. The zero-order chi connectivity index (χ0) is 14.9. The number of hydrogen-bond acceptors (Lipinski definition) is 1. The highest BCUT2D eigenvalue weighted by atomic mass is 79.9. The van der Waals surface area contributed by atoms with Gasteiger partial charge in [0.25, 0.3) is 0 Å². The van der Waals surface area contributed by atoms with Gasteiger partial charge in [0.2, 0.25) is 0 Å². The fourth-order valence-corrected chi connectivity index (χ4v) is 4.00. The van der Waals surface area contributed by atoms with Gasteiger partial charge in [-0.3, -0.25) is 0 Å². The van der Waals surface area contributed by atoms with Crippen LogP contribution in [0, 0.1) is 6.92 Å². The standard InChI is InChI=1S/C17H20BrClS/c1-5-17(3,4)13-8-6-12(7-9-13)15(19)14-10-11(2)16(18)20-14/h6-10,15H,5H2,1-4H3. The number of hydrogen-bond donors (Lipinski definition) is 0. The average Bonchev–Trinajstić information content (AvgIpc) is 2.78. The Kier molecular flexibility index (Phi) is 4.99. The minimum atomic E-state index is -0.0659. The number of thiophene rings is 1. The lowest BCUT2D eigenvalue weighted by molar-refractivity contribution is 0.506. The smallest absolute Gasteiger partial charge is 0.0928 e. The Labute approximate surface area is 139 Å². The molecule has 0 saturated heterocycles. The monoisotopic (exact) mass is 370 g/mol. The molecule has 0 N–H and O–H groups in total. The molecule has 0 aliphatic rings. The van der Waals surface area contributed by atoms with Gasteiger partial charge in [-0.1, -0.05) is 45.0 Å². The van der Waals surface area contributed by atoms with E-state index in [9.17, 15) is 0 Å². The average molecular weight is 372 g/mol. The Bertz CT molecular complexity index is 564. The molecule has 0 saturated carbocycles. The number of rotatable bonds is 4. The van der Waals surface area contributed by atoms with Crippen molar-refractivity contribution in [3.8, 4) is 0 Å². The Morgan fingerprint density at radius 1 is 1.25 bits per heavy atom. The van der Waals surface area contributed by atoms with E-state index in [1.807, 2.05) is 0 Å². The SMILES string of the molecule is CCC(C)(C)c1ccc(C(Cl)c2cc(C)c(Br)s2)cc1. The normalized spacial score (nSPS) is 13.5. The van der Waals surface area contributed by atoms with E-state index >= 15 is 0 Å². The van der Waals surface area contributed by atoms with Crippen LogP contribution < -0.4 is 0 Å². The maximum absolute atomic E-state index is 6.61. The zero-order valence-electron chi connectivity index (χ0n) is 12.3. The van der Waals surface area contributed by atoms with Crippen molar-refractivity contribution in [3.05, 3.63) is 55.7 Å². The first-order valence-electron chi connectivity index (χ1n) is 6.85. The molecule has 20 heavy (non-hydrogen) atoms. The van der Waals surface area contributed by atoms with E-state index in [1.165, 1.54) is 19.8 Å². The molecule has 108 valence electrons. The van der Waals surface area contributed by atoms with Crippen LogP contribution in [0.3, 0.4) is 0 Å². The van der Waals surface area contributed by atoms with Crippen LogP contribution in [-0.4, -0.2) is 0 Å². The molecular weight excluding hydrogens is 352 g/mol. The summed E-state index contributed by atoms with van der Waals surface area (Å²) in [5.41, 5.74) is 4.01. The molecule has 1 aromatic carbocycles. The van der Waals surface area contributed by atoms with E-state index in [0.717, 1.165) is 12.0 Å². The molecule has 0 bridgehead atoms. The number of aryl methyl sites for hydroxylation is 1. The van der Waals surface area contributed by atoms with E-state index in [1.54, 1.807) is 11.3 Å². The lowest BCUT2D eigenvalue weighted by Gasteiger charge is -2.23. The highest BCUT2D eigenvalue weighted by Crippen LogP contribution is 2.38. The second kappa shape index (κ2) is 6.21. The van der Waals surface area contributed by atoms with Gasteiger partial charge in [-0.2, -0.15) is 0 Å². The molecule has 0 spiro atoms. The van der Waals surface area contributed by atoms with Crippen LogP contribution in [0.5, 0.6) is 0 Å². The van der Waals surface area contributed by atoms with Crippen LogP contribution in [0.15, 0.2) is 34.1 Å². The van der Waals surface area contributed by atoms with Crippen molar-refractivity contribution in [1.29, 1.82) is 0 Å². The third-order valence-electron chi connectivity index (χ3n) is 3.99. The molecule has 0 amide bonds. The topological polar surface area (TPSA) is 0 Å². The van der Waals surface area contributed by atoms with Gasteiger partial charge in [-0.25, -0.2) is 0 Å². The van der Waals surface area contributed by atoms with Crippen molar-refractivity contribution in [2.75, 3.05) is 0 Å². The second-order valence-corrected chi connectivity index (χ2v) is 8.67. The summed E-state index contributed by atoms with van der Waals surface area (Å²) in [4.78, 5) is 1.19. The molecule has 1 heterocycles.